The molecule has 4 atom stereocenters. The standard InChI is InChI=1S/C19H36N3O3/c1-12(2)14(18(24)17(19(21)25)22(3)4)11-16(23)15(20)10-13-8-6-5-7-9-13/h12-17,21,23H,5-11,20H2,1-4H3/t14-,15+,16+,17?/m1/s1. The van der Waals surface area contributed by atoms with E-state index in [1.807, 2.05) is 13.8 Å². The zero-order chi connectivity index (χ0) is 19.1. The number of nitrogens with zero attached hydrogens (tertiary/aromatic N) is 1. The Bertz CT molecular complexity index is 434. The Kier molecular flexibility index (Phi) is 9.03. The van der Waals surface area contributed by atoms with Gasteiger partial charge in [-0.1, -0.05) is 46.0 Å². The first-order valence-electron chi connectivity index (χ1n) is 9.54. The summed E-state index contributed by atoms with van der Waals surface area (Å²) in [5.74, 6) is -1.12. The van der Waals surface area contributed by atoms with Gasteiger partial charge in [0.2, 0.25) is 0 Å². The smallest absolute Gasteiger partial charge is 0.263 e. The highest BCUT2D eigenvalue weighted by atomic mass is 16.3. The van der Waals surface area contributed by atoms with Gasteiger partial charge in [-0.3, -0.25) is 20.2 Å². The average Bonchev–Trinajstić information content (AvgIpc) is 2.51. The van der Waals surface area contributed by atoms with Crippen LogP contribution in [0.15, 0.2) is 0 Å². The van der Waals surface area contributed by atoms with E-state index in [0.29, 0.717) is 5.92 Å². The van der Waals surface area contributed by atoms with Crippen molar-refractivity contribution in [2.75, 3.05) is 14.1 Å². The van der Waals surface area contributed by atoms with Gasteiger partial charge in [-0.2, -0.15) is 0 Å². The molecule has 4 N–H and O–H groups in total. The third kappa shape index (κ3) is 6.68. The molecule has 0 aromatic carbocycles. The highest BCUT2D eigenvalue weighted by Gasteiger charge is 2.36. The lowest BCUT2D eigenvalue weighted by atomic mass is 9.79. The number of aliphatic hydroxyl groups excluding tert-OH is 1. The van der Waals surface area contributed by atoms with Crippen LogP contribution < -0.4 is 11.5 Å². The van der Waals surface area contributed by atoms with Crippen LogP contribution in [0.25, 0.3) is 0 Å². The SMILES string of the molecule is CC(C)[C@@H](C[C@H](O)[C@@H](N)CC1CCCCC1)C(=O)C(C([NH])=O)N(C)C. The molecule has 0 aliphatic heterocycles. The van der Waals surface area contributed by atoms with E-state index in [1.54, 1.807) is 14.1 Å². The van der Waals surface area contributed by atoms with Gasteiger partial charge in [0.25, 0.3) is 5.91 Å². The summed E-state index contributed by atoms with van der Waals surface area (Å²) in [4.78, 5) is 25.8. The van der Waals surface area contributed by atoms with Gasteiger partial charge in [-0.15, -0.1) is 0 Å². The molecule has 1 radical (unpaired) electrons. The zero-order valence-electron chi connectivity index (χ0n) is 16.2. The van der Waals surface area contributed by atoms with Crippen LogP contribution in [0.3, 0.4) is 0 Å². The number of hydrogen-bond acceptors (Lipinski definition) is 5. The van der Waals surface area contributed by atoms with Crippen LogP contribution in [0.2, 0.25) is 0 Å². The van der Waals surface area contributed by atoms with Gasteiger partial charge in [0.15, 0.2) is 5.78 Å². The number of nitrogens with two attached hydrogens (primary N) is 1. The molecule has 0 heterocycles. The Labute approximate surface area is 152 Å². The first kappa shape index (κ1) is 22.1. The van der Waals surface area contributed by atoms with E-state index < -0.39 is 24.0 Å². The second kappa shape index (κ2) is 10.2. The number of amides is 1. The van der Waals surface area contributed by atoms with Crippen molar-refractivity contribution in [3.05, 3.63) is 0 Å². The van der Waals surface area contributed by atoms with E-state index in [0.717, 1.165) is 6.42 Å². The third-order valence-electron chi connectivity index (χ3n) is 5.52. The van der Waals surface area contributed by atoms with Crippen molar-refractivity contribution in [3.8, 4) is 0 Å². The van der Waals surface area contributed by atoms with Gasteiger partial charge in [-0.05, 0) is 38.8 Å². The van der Waals surface area contributed by atoms with Crippen LogP contribution in [-0.4, -0.2) is 54.0 Å². The van der Waals surface area contributed by atoms with Crippen LogP contribution in [0, 0.1) is 17.8 Å². The maximum atomic E-state index is 12.8. The molecule has 1 fully saturated rings. The maximum absolute atomic E-state index is 12.8. The maximum Gasteiger partial charge on any atom is 0.263 e. The lowest BCUT2D eigenvalue weighted by Crippen LogP contribution is -2.48. The Hall–Kier alpha value is -0.980. The predicted molar refractivity (Wildman–Crippen MR) is 98.7 cm³/mol. The van der Waals surface area contributed by atoms with Gasteiger partial charge >= 0.3 is 0 Å². The molecule has 6 heteroatoms. The molecule has 1 aliphatic carbocycles. The molecule has 1 rings (SSSR count). The number of carbonyl (C=O) groups is 2. The molecule has 1 amide bonds. The van der Waals surface area contributed by atoms with Crippen molar-refractivity contribution < 1.29 is 14.7 Å². The minimum absolute atomic E-state index is 0.0224. The number of Topliss-reactive ketones (excluding diaryl/α,β-unsaturated/α-hetero) is 1. The summed E-state index contributed by atoms with van der Waals surface area (Å²) in [5, 5.41) is 10.6. The lowest BCUT2D eigenvalue weighted by molar-refractivity contribution is -0.137. The molecular weight excluding hydrogens is 318 g/mol. The van der Waals surface area contributed by atoms with Crippen molar-refractivity contribution in [2.24, 2.45) is 23.5 Å². The highest BCUT2D eigenvalue weighted by molar-refractivity contribution is 6.05. The van der Waals surface area contributed by atoms with Crippen molar-refractivity contribution in [1.29, 1.82) is 0 Å². The zero-order valence-corrected chi connectivity index (χ0v) is 16.2. The van der Waals surface area contributed by atoms with Crippen LogP contribution >= 0.6 is 0 Å². The first-order valence-corrected chi connectivity index (χ1v) is 9.54. The summed E-state index contributed by atoms with van der Waals surface area (Å²) in [6.45, 7) is 3.81. The van der Waals surface area contributed by atoms with Crippen molar-refractivity contribution in [2.45, 2.75) is 77.0 Å². The summed E-state index contributed by atoms with van der Waals surface area (Å²) in [7, 11) is 3.25. The molecular formula is C19H36N3O3. The van der Waals surface area contributed by atoms with Crippen molar-refractivity contribution >= 4 is 11.7 Å². The quantitative estimate of drug-likeness (QED) is 0.580. The second-order valence-electron chi connectivity index (χ2n) is 8.19. The Balaban J connectivity index is 2.71. The molecule has 0 saturated heterocycles. The van der Waals surface area contributed by atoms with Crippen LogP contribution in [0.4, 0.5) is 0 Å². The molecule has 0 spiro atoms. The molecule has 25 heavy (non-hydrogen) atoms. The van der Waals surface area contributed by atoms with Gasteiger partial charge in [-0.25, -0.2) is 0 Å². The van der Waals surface area contributed by atoms with Gasteiger partial charge in [0, 0.05) is 12.0 Å². The van der Waals surface area contributed by atoms with Crippen molar-refractivity contribution in [1.82, 2.24) is 10.6 Å². The summed E-state index contributed by atoms with van der Waals surface area (Å²) in [5.41, 5.74) is 13.6. The lowest BCUT2D eigenvalue weighted by Gasteiger charge is -2.31. The van der Waals surface area contributed by atoms with E-state index >= 15 is 0 Å². The minimum Gasteiger partial charge on any atom is -0.391 e. The summed E-state index contributed by atoms with van der Waals surface area (Å²) < 4.78 is 0. The van der Waals surface area contributed by atoms with E-state index in [-0.39, 0.29) is 24.2 Å². The Morgan fingerprint density at radius 2 is 1.76 bits per heavy atom. The number of nitrogens with one attached hydrogen (secondary N) is 1. The number of rotatable bonds is 10. The minimum atomic E-state index is -1.07. The normalized spacial score (nSPS) is 21.1. The number of carbonyl (C=O) groups excluding carboxylic acids is 2. The van der Waals surface area contributed by atoms with Gasteiger partial charge in [0.05, 0.1) is 6.10 Å². The average molecular weight is 355 g/mol. The van der Waals surface area contributed by atoms with Crippen LogP contribution in [0.5, 0.6) is 0 Å². The molecule has 1 aliphatic rings. The van der Waals surface area contributed by atoms with E-state index in [1.165, 1.54) is 37.0 Å². The fourth-order valence-corrected chi connectivity index (χ4v) is 3.94. The van der Waals surface area contributed by atoms with E-state index in [4.69, 9.17) is 11.5 Å². The topological polar surface area (TPSA) is 107 Å². The Morgan fingerprint density at radius 3 is 2.20 bits per heavy atom. The summed E-state index contributed by atoms with van der Waals surface area (Å²) in [6, 6.07) is -1.42. The fraction of sp³-hybridized carbons (Fsp3) is 0.895. The summed E-state index contributed by atoms with van der Waals surface area (Å²) in [6.07, 6.45) is 6.36. The molecule has 0 bridgehead atoms. The van der Waals surface area contributed by atoms with E-state index in [2.05, 4.69) is 0 Å². The fourth-order valence-electron chi connectivity index (χ4n) is 3.94. The molecule has 6 nitrogen and oxygen atoms in total. The third-order valence-corrected chi connectivity index (χ3v) is 5.52. The molecule has 0 aromatic rings. The number of likely N-dealkylation sites (N-methyl/N-ethyl adjacent to an activating group) is 1. The van der Waals surface area contributed by atoms with Gasteiger partial charge in [0.1, 0.15) is 6.04 Å². The van der Waals surface area contributed by atoms with E-state index in [9.17, 15) is 14.7 Å². The van der Waals surface area contributed by atoms with Crippen LogP contribution in [0.1, 0.15) is 58.8 Å². The van der Waals surface area contributed by atoms with Crippen molar-refractivity contribution in [3.63, 3.8) is 0 Å². The second-order valence-corrected chi connectivity index (χ2v) is 8.19. The van der Waals surface area contributed by atoms with Gasteiger partial charge < -0.3 is 10.8 Å². The molecule has 1 unspecified atom stereocenters. The Morgan fingerprint density at radius 1 is 1.20 bits per heavy atom. The highest BCUT2D eigenvalue weighted by Crippen LogP contribution is 2.29. The molecule has 145 valence electrons. The van der Waals surface area contributed by atoms with Crippen LogP contribution in [-0.2, 0) is 9.59 Å². The number of hydrogen-bond donors (Lipinski definition) is 2. The number of aliphatic hydroxyl groups is 1. The molecule has 0 aromatic heterocycles. The number of ketones is 1. The monoisotopic (exact) mass is 354 g/mol. The summed E-state index contributed by atoms with van der Waals surface area (Å²) >= 11 is 0. The largest absolute Gasteiger partial charge is 0.391 e. The predicted octanol–water partition coefficient (Wildman–Crippen LogP) is 1.62. The first-order chi connectivity index (χ1) is 11.6. The molecule has 1 saturated carbocycles.